The van der Waals surface area contributed by atoms with Crippen molar-refractivity contribution < 1.29 is 17.6 Å². The molecule has 0 aliphatic carbocycles. The number of benzene rings is 2. The van der Waals surface area contributed by atoms with Crippen LogP contribution in [0.3, 0.4) is 0 Å². The van der Waals surface area contributed by atoms with Gasteiger partial charge in [0.05, 0.1) is 0 Å². The Balaban J connectivity index is 0.00000280. The van der Waals surface area contributed by atoms with Crippen LogP contribution in [0.15, 0.2) is 59.5 Å². The highest BCUT2D eigenvalue weighted by atomic mass is 35.5. The Hall–Kier alpha value is -2.00. The van der Waals surface area contributed by atoms with Gasteiger partial charge < -0.3 is 10.6 Å². The molecule has 0 saturated carbocycles. The van der Waals surface area contributed by atoms with Crippen LogP contribution in [0.25, 0.3) is 0 Å². The van der Waals surface area contributed by atoms with Crippen LogP contribution in [-0.2, 0) is 21.2 Å². The molecule has 6 nitrogen and oxygen atoms in total. The minimum atomic E-state index is -4.18. The molecule has 1 atom stereocenters. The largest absolute Gasteiger partial charge is 0.354 e. The van der Waals surface area contributed by atoms with E-state index in [1.54, 1.807) is 0 Å². The van der Waals surface area contributed by atoms with E-state index in [1.807, 2.05) is 30.3 Å². The number of rotatable bonds is 8. The summed E-state index contributed by atoms with van der Waals surface area (Å²) in [6, 6.07) is 13.2. The lowest BCUT2D eigenvalue weighted by atomic mass is 10.0. The van der Waals surface area contributed by atoms with Crippen molar-refractivity contribution in [1.82, 2.24) is 15.4 Å². The van der Waals surface area contributed by atoms with Gasteiger partial charge in [0.2, 0.25) is 15.9 Å². The third-order valence-electron chi connectivity index (χ3n) is 4.45. The zero-order valence-electron chi connectivity index (χ0n) is 15.1. The van der Waals surface area contributed by atoms with Crippen molar-refractivity contribution in [2.24, 2.45) is 5.92 Å². The Bertz CT molecular complexity index is 892. The van der Waals surface area contributed by atoms with E-state index in [9.17, 15) is 17.6 Å². The standard InChI is InChI=1S/C19H22FN3O3S.ClH/c20-16-8-4-5-9-18(16)27(25,26)23-17(10-14-6-2-1-3-7-14)19(24)22-13-15-11-21-12-15;/h1-9,15,17,21,23H,10-13H2,(H,22,24);1H. The van der Waals surface area contributed by atoms with Gasteiger partial charge in [0, 0.05) is 25.6 Å². The average molecular weight is 428 g/mol. The molecule has 0 aromatic heterocycles. The van der Waals surface area contributed by atoms with E-state index in [1.165, 1.54) is 18.2 Å². The van der Waals surface area contributed by atoms with Crippen molar-refractivity contribution >= 4 is 28.3 Å². The van der Waals surface area contributed by atoms with Gasteiger partial charge in [-0.05, 0) is 24.1 Å². The molecule has 0 spiro atoms. The van der Waals surface area contributed by atoms with Gasteiger partial charge in [-0.3, -0.25) is 4.79 Å². The molecular formula is C19H23ClFN3O3S. The molecule has 152 valence electrons. The molecule has 1 saturated heterocycles. The van der Waals surface area contributed by atoms with Gasteiger partial charge in [0.25, 0.3) is 0 Å². The topological polar surface area (TPSA) is 87.3 Å². The van der Waals surface area contributed by atoms with Crippen molar-refractivity contribution in [2.45, 2.75) is 17.4 Å². The van der Waals surface area contributed by atoms with Crippen molar-refractivity contribution in [3.05, 3.63) is 66.0 Å². The second-order valence-corrected chi connectivity index (χ2v) is 8.25. The van der Waals surface area contributed by atoms with Gasteiger partial charge in [0.1, 0.15) is 16.8 Å². The van der Waals surface area contributed by atoms with Crippen molar-refractivity contribution in [2.75, 3.05) is 19.6 Å². The van der Waals surface area contributed by atoms with Crippen LogP contribution >= 0.6 is 12.4 Å². The fourth-order valence-corrected chi connectivity index (χ4v) is 4.09. The van der Waals surface area contributed by atoms with E-state index in [0.717, 1.165) is 24.7 Å². The molecule has 3 rings (SSSR count). The van der Waals surface area contributed by atoms with E-state index in [0.29, 0.717) is 12.5 Å². The van der Waals surface area contributed by atoms with Gasteiger partial charge in [-0.15, -0.1) is 12.4 Å². The lowest BCUT2D eigenvalue weighted by Crippen LogP contribution is -2.53. The van der Waals surface area contributed by atoms with E-state index in [-0.39, 0.29) is 18.8 Å². The first-order chi connectivity index (χ1) is 13.0. The van der Waals surface area contributed by atoms with Crippen LogP contribution in [0.4, 0.5) is 4.39 Å². The van der Waals surface area contributed by atoms with E-state index < -0.39 is 32.7 Å². The van der Waals surface area contributed by atoms with Crippen LogP contribution in [0.2, 0.25) is 0 Å². The quantitative estimate of drug-likeness (QED) is 0.595. The Morgan fingerprint density at radius 2 is 1.75 bits per heavy atom. The van der Waals surface area contributed by atoms with Gasteiger partial charge in [-0.1, -0.05) is 42.5 Å². The summed E-state index contributed by atoms with van der Waals surface area (Å²) in [6.07, 6.45) is 0.170. The summed E-state index contributed by atoms with van der Waals surface area (Å²) >= 11 is 0. The summed E-state index contributed by atoms with van der Waals surface area (Å²) in [4.78, 5) is 12.2. The molecule has 2 aromatic rings. The number of nitrogens with one attached hydrogen (secondary N) is 3. The van der Waals surface area contributed by atoms with Crippen LogP contribution in [0.1, 0.15) is 5.56 Å². The summed E-state index contributed by atoms with van der Waals surface area (Å²) in [5.41, 5.74) is 0.805. The molecular weight excluding hydrogens is 405 g/mol. The maximum absolute atomic E-state index is 13.9. The Kier molecular flexibility index (Phi) is 7.94. The Morgan fingerprint density at radius 1 is 1.11 bits per heavy atom. The molecule has 1 heterocycles. The third-order valence-corrected chi connectivity index (χ3v) is 5.96. The van der Waals surface area contributed by atoms with Crippen LogP contribution in [0, 0.1) is 11.7 Å². The number of amides is 1. The predicted octanol–water partition coefficient (Wildman–Crippen LogP) is 1.47. The molecule has 0 bridgehead atoms. The van der Waals surface area contributed by atoms with Crippen LogP contribution in [-0.4, -0.2) is 40.0 Å². The zero-order chi connectivity index (χ0) is 19.3. The third kappa shape index (κ3) is 5.75. The molecule has 1 unspecified atom stereocenters. The molecule has 9 heteroatoms. The molecule has 2 aromatic carbocycles. The van der Waals surface area contributed by atoms with E-state index >= 15 is 0 Å². The first-order valence-corrected chi connectivity index (χ1v) is 10.2. The zero-order valence-corrected chi connectivity index (χ0v) is 16.7. The summed E-state index contributed by atoms with van der Waals surface area (Å²) in [5.74, 6) is -0.940. The second-order valence-electron chi connectivity index (χ2n) is 6.56. The monoisotopic (exact) mass is 427 g/mol. The van der Waals surface area contributed by atoms with Crippen molar-refractivity contribution in [1.29, 1.82) is 0 Å². The lowest BCUT2D eigenvalue weighted by molar-refractivity contribution is -0.123. The number of sulfonamides is 1. The normalized spacial score (nSPS) is 15.2. The van der Waals surface area contributed by atoms with Crippen molar-refractivity contribution in [3.63, 3.8) is 0 Å². The van der Waals surface area contributed by atoms with E-state index in [2.05, 4.69) is 15.4 Å². The SMILES string of the molecule is Cl.O=C(NCC1CNC1)C(Cc1ccccc1)NS(=O)(=O)c1ccccc1F. The fraction of sp³-hybridized carbons (Fsp3) is 0.316. The smallest absolute Gasteiger partial charge is 0.244 e. The first-order valence-electron chi connectivity index (χ1n) is 8.75. The first kappa shape index (κ1) is 22.3. The lowest BCUT2D eigenvalue weighted by Gasteiger charge is -2.28. The number of hydrogen-bond donors (Lipinski definition) is 3. The molecule has 0 radical (unpaired) electrons. The number of carbonyl (C=O) groups is 1. The molecule has 1 aliphatic heterocycles. The summed E-state index contributed by atoms with van der Waals surface area (Å²) in [5, 5.41) is 5.91. The minimum absolute atomic E-state index is 0. The van der Waals surface area contributed by atoms with Gasteiger partial charge >= 0.3 is 0 Å². The second kappa shape index (κ2) is 9.97. The van der Waals surface area contributed by atoms with Gasteiger partial charge in [-0.25, -0.2) is 12.8 Å². The number of halogens is 2. The van der Waals surface area contributed by atoms with Gasteiger partial charge in [-0.2, -0.15) is 4.72 Å². The Morgan fingerprint density at radius 3 is 2.36 bits per heavy atom. The van der Waals surface area contributed by atoms with Crippen LogP contribution < -0.4 is 15.4 Å². The van der Waals surface area contributed by atoms with Crippen molar-refractivity contribution in [3.8, 4) is 0 Å². The highest BCUT2D eigenvalue weighted by molar-refractivity contribution is 7.89. The summed E-state index contributed by atoms with van der Waals surface area (Å²) < 4.78 is 41.6. The fourth-order valence-electron chi connectivity index (χ4n) is 2.81. The molecule has 28 heavy (non-hydrogen) atoms. The average Bonchev–Trinajstić information content (AvgIpc) is 2.60. The van der Waals surface area contributed by atoms with Gasteiger partial charge in [0.15, 0.2) is 0 Å². The molecule has 1 fully saturated rings. The number of hydrogen-bond acceptors (Lipinski definition) is 4. The highest BCUT2D eigenvalue weighted by Crippen LogP contribution is 2.15. The molecule has 1 aliphatic rings. The summed E-state index contributed by atoms with van der Waals surface area (Å²) in [7, 11) is -4.18. The molecule has 3 N–H and O–H groups in total. The van der Waals surface area contributed by atoms with Crippen LogP contribution in [0.5, 0.6) is 0 Å². The maximum Gasteiger partial charge on any atom is 0.244 e. The predicted molar refractivity (Wildman–Crippen MR) is 107 cm³/mol. The van der Waals surface area contributed by atoms with E-state index in [4.69, 9.17) is 0 Å². The number of carbonyl (C=O) groups excluding carboxylic acids is 1. The Labute approximate surface area is 170 Å². The maximum atomic E-state index is 13.9. The molecule has 1 amide bonds. The highest BCUT2D eigenvalue weighted by Gasteiger charge is 2.28. The summed E-state index contributed by atoms with van der Waals surface area (Å²) in [6.45, 7) is 2.12. The minimum Gasteiger partial charge on any atom is -0.354 e.